The van der Waals surface area contributed by atoms with Gasteiger partial charge in [0, 0.05) is 6.42 Å². The van der Waals surface area contributed by atoms with Crippen molar-refractivity contribution < 1.29 is 58.7 Å². The number of aliphatic hydroxyl groups excluding tert-OH is 6. The van der Waals surface area contributed by atoms with E-state index in [4.69, 9.17) is 4.74 Å². The lowest BCUT2D eigenvalue weighted by molar-refractivity contribution is -0.220. The number of esters is 1. The van der Waals surface area contributed by atoms with E-state index >= 15 is 0 Å². The molecule has 7 N–H and O–H groups in total. The van der Waals surface area contributed by atoms with Gasteiger partial charge < -0.3 is 40.3 Å². The molecule has 0 aromatic heterocycles. The van der Waals surface area contributed by atoms with Crippen LogP contribution in [-0.2, 0) is 23.1 Å². The van der Waals surface area contributed by atoms with Crippen LogP contribution >= 0.6 is 7.82 Å². The molecule has 0 amide bonds. The molecule has 38 heavy (non-hydrogen) atoms. The second-order valence-electron chi connectivity index (χ2n) is 10.1. The Labute approximate surface area is 225 Å². The first-order valence-electron chi connectivity index (χ1n) is 13.9. The summed E-state index contributed by atoms with van der Waals surface area (Å²) in [4.78, 5) is 21.6. The van der Waals surface area contributed by atoms with Gasteiger partial charge in [0.05, 0.1) is 6.61 Å². The Bertz CT molecular complexity index is 665. The maximum absolute atomic E-state index is 12.1. The van der Waals surface area contributed by atoms with Crippen molar-refractivity contribution in [3.05, 3.63) is 0 Å². The van der Waals surface area contributed by atoms with Crippen LogP contribution in [0.2, 0.25) is 0 Å². The fourth-order valence-corrected chi connectivity index (χ4v) is 5.26. The van der Waals surface area contributed by atoms with Crippen molar-refractivity contribution in [3.8, 4) is 0 Å². The highest BCUT2D eigenvalue weighted by molar-refractivity contribution is 7.47. The highest BCUT2D eigenvalue weighted by atomic mass is 31.2. The minimum Gasteiger partial charge on any atom is -0.463 e. The number of carbonyl (C=O) groups is 1. The third-order valence-electron chi connectivity index (χ3n) is 6.68. The number of ether oxygens (including phenoxy) is 1. The van der Waals surface area contributed by atoms with Crippen molar-refractivity contribution in [1.29, 1.82) is 0 Å². The van der Waals surface area contributed by atoms with Gasteiger partial charge in [0.2, 0.25) is 0 Å². The monoisotopic (exact) mass is 572 g/mol. The van der Waals surface area contributed by atoms with Crippen LogP contribution in [0.3, 0.4) is 0 Å². The number of hydrogen-bond acceptors (Lipinski definition) is 11. The van der Waals surface area contributed by atoms with E-state index in [-0.39, 0.29) is 6.42 Å². The van der Waals surface area contributed by atoms with Crippen molar-refractivity contribution in [2.75, 3.05) is 13.2 Å². The summed E-state index contributed by atoms with van der Waals surface area (Å²) in [6.07, 6.45) is 2.42. The summed E-state index contributed by atoms with van der Waals surface area (Å²) in [5, 5.41) is 58.5. The first-order valence-corrected chi connectivity index (χ1v) is 15.4. The number of phosphoric ester groups is 1. The van der Waals surface area contributed by atoms with E-state index in [1.54, 1.807) is 0 Å². The molecule has 8 atom stereocenters. The molecule has 0 spiro atoms. The molecule has 1 fully saturated rings. The third kappa shape index (κ3) is 14.1. The summed E-state index contributed by atoms with van der Waals surface area (Å²) >= 11 is 0. The summed E-state index contributed by atoms with van der Waals surface area (Å²) in [5.74, 6) is -0.509. The fourth-order valence-electron chi connectivity index (χ4n) is 4.28. The van der Waals surface area contributed by atoms with Gasteiger partial charge in [-0.25, -0.2) is 4.57 Å². The second kappa shape index (κ2) is 19.4. The molecule has 0 bridgehead atoms. The first-order chi connectivity index (χ1) is 18.0. The molecular weight excluding hydrogens is 523 g/mol. The average Bonchev–Trinajstić information content (AvgIpc) is 2.89. The fraction of sp³-hybridized carbons (Fsp3) is 0.960. The van der Waals surface area contributed by atoms with E-state index in [0.29, 0.717) is 6.42 Å². The molecule has 0 radical (unpaired) electrons. The minimum atomic E-state index is -4.98. The molecule has 1 saturated carbocycles. The molecule has 0 aliphatic heterocycles. The molecule has 0 heterocycles. The molecule has 13 heteroatoms. The van der Waals surface area contributed by atoms with Crippen LogP contribution in [0.25, 0.3) is 0 Å². The Morgan fingerprint density at radius 3 is 1.61 bits per heavy atom. The molecule has 1 aliphatic rings. The van der Waals surface area contributed by atoms with Gasteiger partial charge in [0.25, 0.3) is 0 Å². The summed E-state index contributed by atoms with van der Waals surface area (Å²) in [7, 11) is -4.98. The smallest absolute Gasteiger partial charge is 0.463 e. The number of rotatable bonds is 21. The highest BCUT2D eigenvalue weighted by Gasteiger charge is 2.51. The molecule has 226 valence electrons. The van der Waals surface area contributed by atoms with Gasteiger partial charge in [-0.05, 0) is 6.42 Å². The van der Waals surface area contributed by atoms with Crippen molar-refractivity contribution in [2.45, 2.75) is 140 Å². The van der Waals surface area contributed by atoms with Gasteiger partial charge in [0.1, 0.15) is 49.3 Å². The van der Waals surface area contributed by atoms with Gasteiger partial charge in [-0.15, -0.1) is 0 Å². The molecule has 1 aliphatic carbocycles. The van der Waals surface area contributed by atoms with Crippen LogP contribution in [0.4, 0.5) is 0 Å². The van der Waals surface area contributed by atoms with Gasteiger partial charge in [-0.3, -0.25) is 13.8 Å². The van der Waals surface area contributed by atoms with Crippen molar-refractivity contribution in [1.82, 2.24) is 0 Å². The Kier molecular flexibility index (Phi) is 18.1. The number of unbranched alkanes of at least 4 members (excludes halogenated alkanes) is 12. The number of phosphoric acid groups is 1. The summed E-state index contributed by atoms with van der Waals surface area (Å²) < 4.78 is 26.3. The Hall–Kier alpha value is -0.660. The SMILES string of the molecule is CCCCCCCCCCCCCCCC(=O)OCC(O)COP(=O)(O)OC1[C@H](O)[C@H](O)C(O)[C@H](O)[C@H]1O. The Morgan fingerprint density at radius 2 is 1.13 bits per heavy atom. The van der Waals surface area contributed by atoms with E-state index in [1.807, 2.05) is 0 Å². The topological polar surface area (TPSA) is 203 Å². The lowest BCUT2D eigenvalue weighted by Gasteiger charge is -2.41. The zero-order valence-corrected chi connectivity index (χ0v) is 23.4. The molecule has 0 saturated heterocycles. The Balaban J connectivity index is 2.11. The summed E-state index contributed by atoms with van der Waals surface area (Å²) in [5.41, 5.74) is 0. The van der Waals surface area contributed by atoms with Crippen molar-refractivity contribution >= 4 is 13.8 Å². The normalized spacial score (nSPS) is 28.1. The second-order valence-corrected chi connectivity index (χ2v) is 11.5. The number of hydrogen-bond donors (Lipinski definition) is 7. The van der Waals surface area contributed by atoms with E-state index in [1.165, 1.54) is 57.8 Å². The van der Waals surface area contributed by atoms with Crippen LogP contribution in [0.1, 0.15) is 96.8 Å². The number of carbonyl (C=O) groups excluding carboxylic acids is 1. The standard InChI is InChI=1S/C25H49O12P/c1-2-3-4-5-6-7-8-9-10-11-12-13-14-15-19(27)35-16-18(26)17-36-38(33,34)37-25-23(31)21(29)20(28)22(30)24(25)32/h18,20-26,28-32H,2-17H2,1H3,(H,33,34)/t18?,20?,21-,22+,23-,24-,25?/m1/s1. The quantitative estimate of drug-likeness (QED) is 0.0596. The van der Waals surface area contributed by atoms with Gasteiger partial charge in [-0.1, -0.05) is 84.0 Å². The predicted octanol–water partition coefficient (Wildman–Crippen LogP) is 1.69. The predicted molar refractivity (Wildman–Crippen MR) is 138 cm³/mol. The Morgan fingerprint density at radius 1 is 0.711 bits per heavy atom. The lowest BCUT2D eigenvalue weighted by Crippen LogP contribution is -2.64. The van der Waals surface area contributed by atoms with Crippen LogP contribution in [0.5, 0.6) is 0 Å². The van der Waals surface area contributed by atoms with Crippen molar-refractivity contribution in [3.63, 3.8) is 0 Å². The van der Waals surface area contributed by atoms with E-state index in [2.05, 4.69) is 16.0 Å². The van der Waals surface area contributed by atoms with Crippen LogP contribution in [0, 0.1) is 0 Å². The molecular formula is C25H49O12P. The largest absolute Gasteiger partial charge is 0.472 e. The maximum Gasteiger partial charge on any atom is 0.472 e. The molecule has 0 aromatic rings. The lowest BCUT2D eigenvalue weighted by atomic mass is 9.85. The van der Waals surface area contributed by atoms with Gasteiger partial charge >= 0.3 is 13.8 Å². The molecule has 1 rings (SSSR count). The maximum atomic E-state index is 12.1. The summed E-state index contributed by atoms with van der Waals surface area (Å²) in [6, 6.07) is 0. The third-order valence-corrected chi connectivity index (χ3v) is 7.66. The van der Waals surface area contributed by atoms with E-state index in [0.717, 1.165) is 19.3 Å². The molecule has 4 unspecified atom stereocenters. The first kappa shape index (κ1) is 35.4. The average molecular weight is 573 g/mol. The van der Waals surface area contributed by atoms with Crippen molar-refractivity contribution in [2.24, 2.45) is 0 Å². The minimum absolute atomic E-state index is 0.195. The zero-order chi connectivity index (χ0) is 28.6. The zero-order valence-electron chi connectivity index (χ0n) is 22.5. The van der Waals surface area contributed by atoms with Gasteiger partial charge in [-0.2, -0.15) is 0 Å². The van der Waals surface area contributed by atoms with Crippen LogP contribution in [-0.4, -0.2) is 97.4 Å². The van der Waals surface area contributed by atoms with E-state index in [9.17, 15) is 44.9 Å². The molecule has 0 aromatic carbocycles. The van der Waals surface area contributed by atoms with E-state index < -0.39 is 69.7 Å². The van der Waals surface area contributed by atoms with Gasteiger partial charge in [0.15, 0.2) is 0 Å². The molecule has 12 nitrogen and oxygen atoms in total. The summed E-state index contributed by atoms with van der Waals surface area (Å²) in [6.45, 7) is 0.973. The van der Waals surface area contributed by atoms with Crippen LogP contribution in [0.15, 0.2) is 0 Å². The number of aliphatic hydroxyl groups is 6. The van der Waals surface area contributed by atoms with Crippen LogP contribution < -0.4 is 0 Å². The highest BCUT2D eigenvalue weighted by Crippen LogP contribution is 2.47.